The molecular weight excluding hydrogens is 384 g/mol. The molecule has 1 aromatic carbocycles. The first-order valence-electron chi connectivity index (χ1n) is 8.09. The van der Waals surface area contributed by atoms with E-state index in [0.29, 0.717) is 21.4 Å². The number of Topliss-reactive ketones (excluding diaryl/α,β-unsaturated/α-hetero) is 1. The highest BCUT2D eigenvalue weighted by molar-refractivity contribution is 8.19. The molecule has 0 aliphatic carbocycles. The van der Waals surface area contributed by atoms with Gasteiger partial charge < -0.3 is 9.47 Å². The number of ketones is 1. The zero-order valence-corrected chi connectivity index (χ0v) is 16.3. The lowest BCUT2D eigenvalue weighted by molar-refractivity contribution is -0.114. The fraction of sp³-hybridized carbons (Fsp3) is 0.278. The fourth-order valence-electron chi connectivity index (χ4n) is 2.49. The first-order chi connectivity index (χ1) is 13.1. The van der Waals surface area contributed by atoms with Crippen molar-refractivity contribution in [1.82, 2.24) is 10.2 Å². The predicted octanol–water partition coefficient (Wildman–Crippen LogP) is 3.43. The van der Waals surface area contributed by atoms with Gasteiger partial charge in [0.05, 0.1) is 17.1 Å². The molecule has 0 spiro atoms. The standard InChI is InChI=1S/C18H16N4O3S2/c1-3-14-21-22-18(27-14)15-16(23)13(26-17(15)20)9-10-4-5-11(25-7-6-19)12(8-10)24-2/h4-5,8-9,15,20H,3,7H2,1-2H3. The molecule has 1 unspecified atom stereocenters. The third-order valence-electron chi connectivity index (χ3n) is 3.80. The molecule has 0 bridgehead atoms. The van der Waals surface area contributed by atoms with Crippen LogP contribution in [0.25, 0.3) is 6.08 Å². The van der Waals surface area contributed by atoms with Crippen molar-refractivity contribution in [3.05, 3.63) is 38.7 Å². The number of ether oxygens (including phenoxy) is 2. The Morgan fingerprint density at radius 1 is 1.37 bits per heavy atom. The van der Waals surface area contributed by atoms with Crippen LogP contribution in [0.15, 0.2) is 23.1 Å². The minimum atomic E-state index is -0.667. The molecule has 1 fully saturated rings. The number of nitrogens with zero attached hydrogens (tertiary/aromatic N) is 3. The van der Waals surface area contributed by atoms with E-state index < -0.39 is 5.92 Å². The molecule has 3 rings (SSSR count). The summed E-state index contributed by atoms with van der Waals surface area (Å²) in [6, 6.07) is 7.09. The van der Waals surface area contributed by atoms with Crippen molar-refractivity contribution in [2.24, 2.45) is 0 Å². The number of aryl methyl sites for hydroxylation is 1. The van der Waals surface area contributed by atoms with E-state index in [9.17, 15) is 4.79 Å². The van der Waals surface area contributed by atoms with Gasteiger partial charge in [0, 0.05) is 0 Å². The van der Waals surface area contributed by atoms with Crippen molar-refractivity contribution < 1.29 is 14.3 Å². The number of hydrogen-bond acceptors (Lipinski definition) is 9. The van der Waals surface area contributed by atoms with Crippen molar-refractivity contribution in [3.8, 4) is 17.6 Å². The van der Waals surface area contributed by atoms with E-state index in [4.69, 9.17) is 20.1 Å². The molecule has 9 heteroatoms. The van der Waals surface area contributed by atoms with Gasteiger partial charge in [-0.05, 0) is 30.2 Å². The summed E-state index contributed by atoms with van der Waals surface area (Å²) >= 11 is 2.51. The van der Waals surface area contributed by atoms with Crippen LogP contribution >= 0.6 is 23.1 Å². The molecule has 27 heavy (non-hydrogen) atoms. The van der Waals surface area contributed by atoms with Crippen molar-refractivity contribution in [2.75, 3.05) is 13.7 Å². The summed E-state index contributed by atoms with van der Waals surface area (Å²) in [7, 11) is 1.51. The lowest BCUT2D eigenvalue weighted by atomic mass is 10.1. The summed E-state index contributed by atoms with van der Waals surface area (Å²) in [5.41, 5.74) is 0.743. The van der Waals surface area contributed by atoms with E-state index in [2.05, 4.69) is 10.2 Å². The second-order valence-corrected chi connectivity index (χ2v) is 7.69. The first-order valence-corrected chi connectivity index (χ1v) is 9.73. The number of allylic oxidation sites excluding steroid dienone is 1. The molecule has 1 atom stereocenters. The van der Waals surface area contributed by atoms with Gasteiger partial charge in [-0.1, -0.05) is 24.8 Å². The lowest BCUT2D eigenvalue weighted by Gasteiger charge is -2.09. The maximum absolute atomic E-state index is 12.8. The van der Waals surface area contributed by atoms with Crippen LogP contribution in [0.1, 0.15) is 28.4 Å². The zero-order valence-electron chi connectivity index (χ0n) is 14.7. The van der Waals surface area contributed by atoms with Gasteiger partial charge in [-0.3, -0.25) is 10.2 Å². The zero-order chi connectivity index (χ0) is 19.4. The first kappa shape index (κ1) is 19.1. The largest absolute Gasteiger partial charge is 0.493 e. The summed E-state index contributed by atoms with van der Waals surface area (Å²) in [6.45, 7) is 1.90. The van der Waals surface area contributed by atoms with Crippen LogP contribution in [-0.4, -0.2) is 34.7 Å². The number of aromatic nitrogens is 2. The van der Waals surface area contributed by atoms with E-state index in [1.807, 2.05) is 13.0 Å². The van der Waals surface area contributed by atoms with Gasteiger partial charge in [-0.2, -0.15) is 5.26 Å². The smallest absolute Gasteiger partial charge is 0.186 e. The highest BCUT2D eigenvalue weighted by Crippen LogP contribution is 2.42. The van der Waals surface area contributed by atoms with Crippen LogP contribution < -0.4 is 9.47 Å². The summed E-state index contributed by atoms with van der Waals surface area (Å²) in [5.74, 6) is 0.114. The van der Waals surface area contributed by atoms with Gasteiger partial charge in [0.25, 0.3) is 0 Å². The number of rotatable bonds is 6. The molecule has 0 saturated carbocycles. The van der Waals surface area contributed by atoms with E-state index in [0.717, 1.165) is 28.8 Å². The number of carbonyl (C=O) groups excluding carboxylic acids is 1. The molecule has 7 nitrogen and oxygen atoms in total. The van der Waals surface area contributed by atoms with Crippen LogP contribution in [0.2, 0.25) is 0 Å². The van der Waals surface area contributed by atoms with Crippen molar-refractivity contribution in [3.63, 3.8) is 0 Å². The van der Waals surface area contributed by atoms with Crippen LogP contribution in [0.5, 0.6) is 11.5 Å². The molecular formula is C18H16N4O3S2. The Kier molecular flexibility index (Phi) is 5.88. The average Bonchev–Trinajstić information content (AvgIpc) is 3.24. The highest BCUT2D eigenvalue weighted by atomic mass is 32.2. The predicted molar refractivity (Wildman–Crippen MR) is 104 cm³/mol. The maximum Gasteiger partial charge on any atom is 0.186 e. The van der Waals surface area contributed by atoms with Gasteiger partial charge in [0.15, 0.2) is 23.9 Å². The van der Waals surface area contributed by atoms with Crippen LogP contribution in [-0.2, 0) is 11.2 Å². The van der Waals surface area contributed by atoms with E-state index in [1.54, 1.807) is 24.3 Å². The molecule has 138 valence electrons. The molecule has 1 saturated heterocycles. The molecule has 1 aliphatic heterocycles. The Bertz CT molecular complexity index is 962. The molecule has 1 aliphatic rings. The summed E-state index contributed by atoms with van der Waals surface area (Å²) < 4.78 is 10.6. The van der Waals surface area contributed by atoms with Crippen molar-refractivity contribution >= 4 is 40.0 Å². The monoisotopic (exact) mass is 400 g/mol. The van der Waals surface area contributed by atoms with E-state index in [-0.39, 0.29) is 17.4 Å². The van der Waals surface area contributed by atoms with Crippen molar-refractivity contribution in [1.29, 1.82) is 10.7 Å². The number of thioether (sulfide) groups is 1. The second kappa shape index (κ2) is 8.33. The molecule has 0 amide bonds. The van der Waals surface area contributed by atoms with Gasteiger partial charge in [-0.25, -0.2) is 0 Å². The van der Waals surface area contributed by atoms with E-state index in [1.165, 1.54) is 18.4 Å². The van der Waals surface area contributed by atoms with Crippen LogP contribution in [0, 0.1) is 16.7 Å². The van der Waals surface area contributed by atoms with Crippen LogP contribution in [0.3, 0.4) is 0 Å². The number of methoxy groups -OCH3 is 1. The van der Waals surface area contributed by atoms with Gasteiger partial charge in [0.2, 0.25) is 0 Å². The highest BCUT2D eigenvalue weighted by Gasteiger charge is 2.39. The molecule has 0 radical (unpaired) electrons. The second-order valence-electron chi connectivity index (χ2n) is 5.52. The normalized spacial score (nSPS) is 18.0. The Morgan fingerprint density at radius 2 is 2.19 bits per heavy atom. The Labute approximate surface area is 164 Å². The molecule has 1 N–H and O–H groups in total. The van der Waals surface area contributed by atoms with Gasteiger partial charge in [0.1, 0.15) is 22.0 Å². The number of nitrogens with one attached hydrogen (secondary N) is 1. The lowest BCUT2D eigenvalue weighted by Crippen LogP contribution is -2.11. The topological polar surface area (TPSA) is 109 Å². The summed E-state index contributed by atoms with van der Waals surface area (Å²) in [5, 5.41) is 26.6. The van der Waals surface area contributed by atoms with Gasteiger partial charge in [-0.15, -0.1) is 21.5 Å². The third kappa shape index (κ3) is 4.02. The number of benzene rings is 1. The molecule has 1 aromatic heterocycles. The SMILES string of the molecule is CCc1nnc(C2C(=N)SC(=Cc3ccc(OCC#N)c(OC)c3)C2=O)s1. The van der Waals surface area contributed by atoms with Gasteiger partial charge >= 0.3 is 0 Å². The number of nitriles is 1. The summed E-state index contributed by atoms with van der Waals surface area (Å²) in [6.07, 6.45) is 2.47. The average molecular weight is 400 g/mol. The Morgan fingerprint density at radius 3 is 2.85 bits per heavy atom. The minimum absolute atomic E-state index is 0.0778. The Hall–Kier alpha value is -2.70. The minimum Gasteiger partial charge on any atom is -0.493 e. The quantitative estimate of drug-likeness (QED) is 0.740. The fourth-order valence-corrected chi connectivity index (χ4v) is 4.45. The number of carbonyl (C=O) groups is 1. The third-order valence-corrected chi connectivity index (χ3v) is 5.92. The van der Waals surface area contributed by atoms with Crippen LogP contribution in [0.4, 0.5) is 0 Å². The summed E-state index contributed by atoms with van der Waals surface area (Å²) in [4.78, 5) is 13.3. The van der Waals surface area contributed by atoms with Crippen molar-refractivity contribution in [2.45, 2.75) is 19.3 Å². The molecule has 2 heterocycles. The maximum atomic E-state index is 12.8. The van der Waals surface area contributed by atoms with E-state index >= 15 is 0 Å². The Balaban J connectivity index is 1.86. The molecule has 2 aromatic rings. The number of hydrogen-bond donors (Lipinski definition) is 1.